The number of amides is 1. The molecule has 1 amide bonds. The van der Waals surface area contributed by atoms with E-state index in [2.05, 4.69) is 15.5 Å². The summed E-state index contributed by atoms with van der Waals surface area (Å²) in [7, 11) is 0. The highest BCUT2D eigenvalue weighted by Crippen LogP contribution is 2.18. The van der Waals surface area contributed by atoms with Crippen molar-refractivity contribution in [2.24, 2.45) is 0 Å². The molecule has 0 saturated heterocycles. The van der Waals surface area contributed by atoms with Gasteiger partial charge in [0, 0.05) is 11.6 Å². The molecule has 0 unspecified atom stereocenters. The lowest BCUT2D eigenvalue weighted by Crippen LogP contribution is -2.32. The highest BCUT2D eigenvalue weighted by Gasteiger charge is 2.04. The Hall–Kier alpha value is -3.48. The maximum atomic E-state index is 12.9. The fraction of sp³-hybridized carbons (Fsp3) is 0.150. The number of nitrogens with one attached hydrogen (secondary N) is 1. The average Bonchev–Trinajstić information content (AvgIpc) is 2.71. The number of hydrogen-bond donors (Lipinski definition) is 1. The number of carbonyl (C=O) groups is 1. The molecule has 0 aliphatic carbocycles. The summed E-state index contributed by atoms with van der Waals surface area (Å²) in [5, 5.41) is 10.7. The van der Waals surface area contributed by atoms with Gasteiger partial charge in [0.25, 0.3) is 5.91 Å². The van der Waals surface area contributed by atoms with E-state index in [1.54, 1.807) is 36.4 Å². The number of rotatable bonds is 8. The van der Waals surface area contributed by atoms with Crippen LogP contribution < -0.4 is 14.8 Å². The first-order valence-electron chi connectivity index (χ1n) is 8.38. The molecule has 0 bridgehead atoms. The van der Waals surface area contributed by atoms with E-state index in [0.717, 1.165) is 5.56 Å². The molecular weight excluding hydrogens is 349 g/mol. The molecule has 7 heteroatoms. The number of carbonyl (C=O) groups excluding carboxylic acids is 1. The van der Waals surface area contributed by atoms with Crippen LogP contribution in [0.1, 0.15) is 0 Å². The summed E-state index contributed by atoms with van der Waals surface area (Å²) < 4.78 is 23.7. The second-order valence-corrected chi connectivity index (χ2v) is 5.56. The second-order valence-electron chi connectivity index (χ2n) is 5.56. The normalized spacial score (nSPS) is 10.3. The maximum Gasteiger partial charge on any atom is 0.258 e. The fourth-order valence-electron chi connectivity index (χ4n) is 2.23. The number of aromatic nitrogens is 2. The molecule has 0 saturated carbocycles. The van der Waals surface area contributed by atoms with Crippen LogP contribution in [0.2, 0.25) is 0 Å². The van der Waals surface area contributed by atoms with Crippen LogP contribution in [-0.4, -0.2) is 35.9 Å². The van der Waals surface area contributed by atoms with E-state index >= 15 is 0 Å². The minimum absolute atomic E-state index is 0.0593. The van der Waals surface area contributed by atoms with Crippen LogP contribution in [-0.2, 0) is 4.79 Å². The van der Waals surface area contributed by atoms with Crippen molar-refractivity contribution < 1.29 is 18.7 Å². The first-order valence-corrected chi connectivity index (χ1v) is 8.38. The Morgan fingerprint density at radius 2 is 1.70 bits per heavy atom. The van der Waals surface area contributed by atoms with E-state index in [9.17, 15) is 9.18 Å². The lowest BCUT2D eigenvalue weighted by Gasteiger charge is -2.08. The highest BCUT2D eigenvalue weighted by molar-refractivity contribution is 5.77. The first kappa shape index (κ1) is 18.3. The molecule has 1 N–H and O–H groups in total. The minimum Gasteiger partial charge on any atom is -0.484 e. The first-order chi connectivity index (χ1) is 13.2. The Morgan fingerprint density at radius 1 is 0.926 bits per heavy atom. The standard InChI is InChI=1S/C20H18FN3O3/c21-16-8-6-15(7-9-16)18-10-11-20(24-23-18)26-13-12-22-19(25)14-27-17-4-2-1-3-5-17/h1-11H,12-14H2,(H,22,25). The van der Waals surface area contributed by atoms with Crippen molar-refractivity contribution in [1.29, 1.82) is 0 Å². The molecule has 3 aromatic rings. The number of benzene rings is 2. The molecule has 3 rings (SSSR count). The van der Waals surface area contributed by atoms with E-state index in [4.69, 9.17) is 9.47 Å². The van der Waals surface area contributed by atoms with Crippen LogP contribution >= 0.6 is 0 Å². The summed E-state index contributed by atoms with van der Waals surface area (Å²) in [6.07, 6.45) is 0. The largest absolute Gasteiger partial charge is 0.484 e. The monoisotopic (exact) mass is 367 g/mol. The molecule has 0 spiro atoms. The predicted octanol–water partition coefficient (Wildman–Crippen LogP) is 2.86. The lowest BCUT2D eigenvalue weighted by molar-refractivity contribution is -0.123. The summed E-state index contributed by atoms with van der Waals surface area (Å²) in [6, 6.07) is 18.5. The quantitative estimate of drug-likeness (QED) is 0.620. The molecule has 6 nitrogen and oxygen atoms in total. The Balaban J connectivity index is 1.37. The van der Waals surface area contributed by atoms with E-state index in [1.165, 1.54) is 12.1 Å². The van der Waals surface area contributed by atoms with Gasteiger partial charge in [0.1, 0.15) is 18.2 Å². The molecule has 1 heterocycles. The van der Waals surface area contributed by atoms with Gasteiger partial charge in [0.2, 0.25) is 5.88 Å². The van der Waals surface area contributed by atoms with Crippen LogP contribution in [0.15, 0.2) is 66.7 Å². The molecule has 0 fully saturated rings. The van der Waals surface area contributed by atoms with Crippen molar-refractivity contribution in [2.75, 3.05) is 19.8 Å². The summed E-state index contributed by atoms with van der Waals surface area (Å²) in [4.78, 5) is 11.7. The average molecular weight is 367 g/mol. The van der Waals surface area contributed by atoms with Gasteiger partial charge < -0.3 is 14.8 Å². The fourth-order valence-corrected chi connectivity index (χ4v) is 2.23. The molecule has 0 radical (unpaired) electrons. The van der Waals surface area contributed by atoms with Gasteiger partial charge in [-0.15, -0.1) is 10.2 Å². The predicted molar refractivity (Wildman–Crippen MR) is 97.9 cm³/mol. The molecule has 2 aromatic carbocycles. The number of para-hydroxylation sites is 1. The number of hydrogen-bond acceptors (Lipinski definition) is 5. The molecule has 138 valence electrons. The second kappa shape index (κ2) is 9.28. The minimum atomic E-state index is -0.303. The van der Waals surface area contributed by atoms with Crippen molar-refractivity contribution in [1.82, 2.24) is 15.5 Å². The Bertz CT molecular complexity index is 856. The number of nitrogens with zero attached hydrogens (tertiary/aromatic N) is 2. The highest BCUT2D eigenvalue weighted by atomic mass is 19.1. The van der Waals surface area contributed by atoms with E-state index < -0.39 is 0 Å². The Kier molecular flexibility index (Phi) is 6.30. The van der Waals surface area contributed by atoms with Crippen LogP contribution in [0, 0.1) is 5.82 Å². The Labute approximate surface area is 156 Å². The third kappa shape index (κ3) is 5.78. The van der Waals surface area contributed by atoms with Crippen molar-refractivity contribution >= 4 is 5.91 Å². The van der Waals surface area contributed by atoms with Gasteiger partial charge in [0.05, 0.1) is 12.2 Å². The van der Waals surface area contributed by atoms with Gasteiger partial charge in [-0.05, 0) is 42.5 Å². The van der Waals surface area contributed by atoms with Gasteiger partial charge >= 0.3 is 0 Å². The van der Waals surface area contributed by atoms with Gasteiger partial charge in [-0.2, -0.15) is 0 Å². The lowest BCUT2D eigenvalue weighted by atomic mass is 10.1. The van der Waals surface area contributed by atoms with Gasteiger partial charge in [0.15, 0.2) is 6.61 Å². The van der Waals surface area contributed by atoms with Crippen molar-refractivity contribution in [3.8, 4) is 22.9 Å². The molecule has 1 aromatic heterocycles. The smallest absolute Gasteiger partial charge is 0.258 e. The van der Waals surface area contributed by atoms with Crippen molar-refractivity contribution in [3.63, 3.8) is 0 Å². The number of ether oxygens (including phenoxy) is 2. The summed E-state index contributed by atoms with van der Waals surface area (Å²) in [5.41, 5.74) is 1.38. The van der Waals surface area contributed by atoms with Crippen LogP contribution in [0.5, 0.6) is 11.6 Å². The van der Waals surface area contributed by atoms with E-state index in [0.29, 0.717) is 23.9 Å². The molecule has 0 aliphatic heterocycles. The van der Waals surface area contributed by atoms with E-state index in [-0.39, 0.29) is 24.9 Å². The van der Waals surface area contributed by atoms with Crippen LogP contribution in [0.25, 0.3) is 11.3 Å². The van der Waals surface area contributed by atoms with Crippen LogP contribution in [0.4, 0.5) is 4.39 Å². The summed E-state index contributed by atoms with van der Waals surface area (Å²) in [5.74, 6) is 0.444. The van der Waals surface area contributed by atoms with Gasteiger partial charge in [-0.25, -0.2) is 4.39 Å². The van der Waals surface area contributed by atoms with Crippen molar-refractivity contribution in [3.05, 3.63) is 72.5 Å². The Morgan fingerprint density at radius 3 is 2.41 bits per heavy atom. The molecule has 0 atom stereocenters. The zero-order chi connectivity index (χ0) is 18.9. The van der Waals surface area contributed by atoms with Gasteiger partial charge in [-0.3, -0.25) is 4.79 Å². The summed E-state index contributed by atoms with van der Waals surface area (Å²) >= 11 is 0. The topological polar surface area (TPSA) is 73.3 Å². The van der Waals surface area contributed by atoms with Crippen LogP contribution in [0.3, 0.4) is 0 Å². The molecule has 27 heavy (non-hydrogen) atoms. The maximum absolute atomic E-state index is 12.9. The molecular formula is C20H18FN3O3. The summed E-state index contributed by atoms with van der Waals surface area (Å²) in [6.45, 7) is 0.510. The van der Waals surface area contributed by atoms with Gasteiger partial charge in [-0.1, -0.05) is 18.2 Å². The zero-order valence-corrected chi connectivity index (χ0v) is 14.5. The third-order valence-corrected chi connectivity index (χ3v) is 3.57. The van der Waals surface area contributed by atoms with E-state index in [1.807, 2.05) is 18.2 Å². The van der Waals surface area contributed by atoms with Crippen molar-refractivity contribution in [2.45, 2.75) is 0 Å². The SMILES string of the molecule is O=C(COc1ccccc1)NCCOc1ccc(-c2ccc(F)cc2)nn1. The molecule has 0 aliphatic rings. The zero-order valence-electron chi connectivity index (χ0n) is 14.5. The third-order valence-electron chi connectivity index (χ3n) is 3.57. The number of halogens is 1.